The third-order valence-electron chi connectivity index (χ3n) is 3.85. The van der Waals surface area contributed by atoms with Crippen LogP contribution in [0.5, 0.6) is 0 Å². The maximum absolute atomic E-state index is 3.51. The van der Waals surface area contributed by atoms with Crippen molar-refractivity contribution in [2.75, 3.05) is 11.9 Å². The number of anilines is 1. The molecule has 1 nitrogen and oxygen atoms in total. The van der Waals surface area contributed by atoms with Crippen LogP contribution in [-0.4, -0.2) is 6.54 Å². The highest BCUT2D eigenvalue weighted by Crippen LogP contribution is 2.36. The Morgan fingerprint density at radius 3 is 2.72 bits per heavy atom. The topological polar surface area (TPSA) is 12.0 Å². The molecule has 2 aromatic rings. The maximum Gasteiger partial charge on any atom is 0.0379 e. The van der Waals surface area contributed by atoms with Gasteiger partial charge in [-0.05, 0) is 35.6 Å². The van der Waals surface area contributed by atoms with E-state index in [1.54, 1.807) is 0 Å². The van der Waals surface area contributed by atoms with Crippen molar-refractivity contribution in [2.45, 2.75) is 25.7 Å². The smallest absolute Gasteiger partial charge is 0.0379 e. The molecule has 0 saturated heterocycles. The summed E-state index contributed by atoms with van der Waals surface area (Å²) in [7, 11) is 0. The van der Waals surface area contributed by atoms with Crippen molar-refractivity contribution in [2.24, 2.45) is 0 Å². The van der Waals surface area contributed by atoms with Gasteiger partial charge in [0.2, 0.25) is 0 Å². The molecule has 0 aromatic heterocycles. The number of benzene rings is 2. The minimum atomic E-state index is 0.550. The van der Waals surface area contributed by atoms with E-state index >= 15 is 0 Å². The van der Waals surface area contributed by atoms with Crippen LogP contribution in [0.15, 0.2) is 48.5 Å². The van der Waals surface area contributed by atoms with Gasteiger partial charge in [0, 0.05) is 18.2 Å². The molecule has 3 rings (SSSR count). The predicted octanol–water partition coefficient (Wildman–Crippen LogP) is 4.20. The van der Waals surface area contributed by atoms with E-state index in [0.29, 0.717) is 5.92 Å². The number of nitrogens with one attached hydrogen (secondary N) is 1. The fourth-order valence-electron chi connectivity index (χ4n) is 2.82. The van der Waals surface area contributed by atoms with Crippen molar-refractivity contribution in [3.05, 3.63) is 65.2 Å². The summed E-state index contributed by atoms with van der Waals surface area (Å²) in [5, 5.41) is 3.51. The van der Waals surface area contributed by atoms with Gasteiger partial charge in [0.05, 0.1) is 0 Å². The van der Waals surface area contributed by atoms with Crippen LogP contribution in [0, 0.1) is 0 Å². The molecule has 1 heterocycles. The molecule has 0 fully saturated rings. The van der Waals surface area contributed by atoms with Crippen molar-refractivity contribution in [3.8, 4) is 0 Å². The van der Waals surface area contributed by atoms with Crippen LogP contribution in [0.2, 0.25) is 0 Å². The van der Waals surface area contributed by atoms with Gasteiger partial charge in [0.1, 0.15) is 0 Å². The number of fused-ring (bicyclic) bond motifs is 1. The summed E-state index contributed by atoms with van der Waals surface area (Å²) in [4.78, 5) is 0. The number of hydrogen-bond donors (Lipinski definition) is 1. The van der Waals surface area contributed by atoms with Gasteiger partial charge < -0.3 is 5.32 Å². The summed E-state index contributed by atoms with van der Waals surface area (Å²) in [5.41, 5.74) is 5.64. The minimum Gasteiger partial charge on any atom is -0.385 e. The van der Waals surface area contributed by atoms with E-state index in [1.807, 2.05) is 0 Å². The second-order valence-corrected chi connectivity index (χ2v) is 4.95. The summed E-state index contributed by atoms with van der Waals surface area (Å²) in [6, 6.07) is 17.7. The Balaban J connectivity index is 2.05. The molecule has 0 radical (unpaired) electrons. The molecule has 92 valence electrons. The van der Waals surface area contributed by atoms with Gasteiger partial charge in [-0.3, -0.25) is 0 Å². The lowest BCUT2D eigenvalue weighted by Crippen LogP contribution is -2.17. The SMILES string of the molecule is CCc1ccc2c(c1)C(c1ccccc1)CCN2. The average molecular weight is 237 g/mol. The molecule has 1 aliphatic rings. The zero-order valence-corrected chi connectivity index (χ0v) is 10.8. The molecule has 1 unspecified atom stereocenters. The second-order valence-electron chi connectivity index (χ2n) is 4.95. The Morgan fingerprint density at radius 2 is 1.94 bits per heavy atom. The van der Waals surface area contributed by atoms with Crippen molar-refractivity contribution in [1.29, 1.82) is 0 Å². The van der Waals surface area contributed by atoms with Crippen molar-refractivity contribution >= 4 is 5.69 Å². The standard InChI is InChI=1S/C17H19N/c1-2-13-8-9-17-16(12-13)15(10-11-18-17)14-6-4-3-5-7-14/h3-9,12,15,18H,2,10-11H2,1H3. The zero-order chi connectivity index (χ0) is 12.4. The van der Waals surface area contributed by atoms with Gasteiger partial charge >= 0.3 is 0 Å². The Kier molecular flexibility index (Phi) is 3.06. The third-order valence-corrected chi connectivity index (χ3v) is 3.85. The Bertz CT molecular complexity index is 531. The van der Waals surface area contributed by atoms with Gasteiger partial charge in [-0.2, -0.15) is 0 Å². The molecule has 1 heteroatoms. The normalized spacial score (nSPS) is 17.9. The first-order valence-electron chi connectivity index (χ1n) is 6.80. The highest BCUT2D eigenvalue weighted by molar-refractivity contribution is 5.58. The summed E-state index contributed by atoms with van der Waals surface area (Å²) >= 11 is 0. The lowest BCUT2D eigenvalue weighted by atomic mass is 9.84. The first-order chi connectivity index (χ1) is 8.88. The first-order valence-corrected chi connectivity index (χ1v) is 6.80. The fourth-order valence-corrected chi connectivity index (χ4v) is 2.82. The van der Waals surface area contributed by atoms with E-state index in [-0.39, 0.29) is 0 Å². The number of aryl methyl sites for hydroxylation is 1. The third kappa shape index (κ3) is 2.01. The average Bonchev–Trinajstić information content (AvgIpc) is 2.47. The summed E-state index contributed by atoms with van der Waals surface area (Å²) in [6.07, 6.45) is 2.29. The zero-order valence-electron chi connectivity index (χ0n) is 10.8. The summed E-state index contributed by atoms with van der Waals surface area (Å²) in [6.45, 7) is 3.29. The van der Waals surface area contributed by atoms with Gasteiger partial charge in [-0.25, -0.2) is 0 Å². The van der Waals surface area contributed by atoms with Crippen LogP contribution in [0.25, 0.3) is 0 Å². The van der Waals surface area contributed by atoms with Crippen molar-refractivity contribution in [1.82, 2.24) is 0 Å². The first kappa shape index (κ1) is 11.3. The summed E-state index contributed by atoms with van der Waals surface area (Å²) < 4.78 is 0. The fraction of sp³-hybridized carbons (Fsp3) is 0.294. The number of rotatable bonds is 2. The lowest BCUT2D eigenvalue weighted by molar-refractivity contribution is 0.718. The number of hydrogen-bond acceptors (Lipinski definition) is 1. The molecule has 0 amide bonds. The Morgan fingerprint density at radius 1 is 1.11 bits per heavy atom. The highest BCUT2D eigenvalue weighted by Gasteiger charge is 2.21. The van der Waals surface area contributed by atoms with E-state index in [4.69, 9.17) is 0 Å². The molecule has 0 saturated carbocycles. The minimum absolute atomic E-state index is 0.550. The molecule has 1 atom stereocenters. The second kappa shape index (κ2) is 4.85. The molecule has 0 spiro atoms. The Hall–Kier alpha value is -1.76. The molecule has 0 aliphatic carbocycles. The van der Waals surface area contributed by atoms with Gasteiger partial charge in [-0.15, -0.1) is 0 Å². The van der Waals surface area contributed by atoms with E-state index < -0.39 is 0 Å². The summed E-state index contributed by atoms with van der Waals surface area (Å²) in [5.74, 6) is 0.550. The molecule has 1 N–H and O–H groups in total. The highest BCUT2D eigenvalue weighted by atomic mass is 14.9. The molecule has 2 aromatic carbocycles. The predicted molar refractivity (Wildman–Crippen MR) is 77.2 cm³/mol. The van der Waals surface area contributed by atoms with Gasteiger partial charge in [-0.1, -0.05) is 49.4 Å². The van der Waals surface area contributed by atoms with Crippen LogP contribution in [0.4, 0.5) is 5.69 Å². The molecule has 18 heavy (non-hydrogen) atoms. The van der Waals surface area contributed by atoms with Crippen LogP contribution < -0.4 is 5.32 Å². The van der Waals surface area contributed by atoms with E-state index in [0.717, 1.165) is 13.0 Å². The Labute approximate surface area is 109 Å². The van der Waals surface area contributed by atoms with Crippen LogP contribution in [-0.2, 0) is 6.42 Å². The van der Waals surface area contributed by atoms with Gasteiger partial charge in [0.25, 0.3) is 0 Å². The van der Waals surface area contributed by atoms with Crippen LogP contribution >= 0.6 is 0 Å². The monoisotopic (exact) mass is 237 g/mol. The van der Waals surface area contributed by atoms with Crippen LogP contribution in [0.1, 0.15) is 36.0 Å². The quantitative estimate of drug-likeness (QED) is 0.825. The van der Waals surface area contributed by atoms with Crippen molar-refractivity contribution in [3.63, 3.8) is 0 Å². The van der Waals surface area contributed by atoms with Gasteiger partial charge in [0.15, 0.2) is 0 Å². The lowest BCUT2D eigenvalue weighted by Gasteiger charge is -2.27. The molecule has 1 aliphatic heterocycles. The van der Waals surface area contributed by atoms with Crippen LogP contribution in [0.3, 0.4) is 0 Å². The molecular formula is C17H19N. The van der Waals surface area contributed by atoms with E-state index in [2.05, 4.69) is 60.8 Å². The molecular weight excluding hydrogens is 218 g/mol. The molecule has 0 bridgehead atoms. The maximum atomic E-state index is 3.51. The van der Waals surface area contributed by atoms with E-state index in [1.165, 1.54) is 28.8 Å². The largest absolute Gasteiger partial charge is 0.385 e. The van der Waals surface area contributed by atoms with E-state index in [9.17, 15) is 0 Å². The van der Waals surface area contributed by atoms with Crippen molar-refractivity contribution < 1.29 is 0 Å².